The third-order valence-electron chi connectivity index (χ3n) is 11.2. The van der Waals surface area contributed by atoms with Gasteiger partial charge >= 0.3 is 0 Å². The number of benzene rings is 9. The third-order valence-corrected chi connectivity index (χ3v) is 11.2. The molecular weight excluding hydrogens is 625 g/mol. The van der Waals surface area contributed by atoms with Crippen LogP contribution in [0.5, 0.6) is 0 Å². The first kappa shape index (κ1) is 30.3. The first-order valence-electron chi connectivity index (χ1n) is 18.2. The van der Waals surface area contributed by atoms with Crippen LogP contribution in [-0.4, -0.2) is 0 Å². The molecule has 0 aromatic heterocycles. The lowest BCUT2D eigenvalue weighted by Crippen LogP contribution is -2.28. The highest BCUT2D eigenvalue weighted by Gasteiger charge is 2.46. The normalized spacial score (nSPS) is 12.9. The standard InChI is InChI=1S/C52H36/c1-35-26-30-48-45(32-35)46-33-39(28-31-49(46)52(48,40-20-10-4-11-21-40)41-22-12-5-13-23-41)38-27-29-44-47(34-38)51(37-18-8-3-9-19-37)43-25-15-14-24-42(43)50(44)36-16-6-2-7-17-36/h2-34H,1H3. The van der Waals surface area contributed by atoms with Gasteiger partial charge in [0, 0.05) is 0 Å². The van der Waals surface area contributed by atoms with E-state index in [1.807, 2.05) is 0 Å². The fourth-order valence-electron chi connectivity index (χ4n) is 8.98. The number of fused-ring (bicyclic) bond motifs is 5. The Morgan fingerprint density at radius 2 is 0.731 bits per heavy atom. The molecule has 1 aliphatic rings. The minimum atomic E-state index is -0.410. The molecule has 0 nitrogen and oxygen atoms in total. The van der Waals surface area contributed by atoms with E-state index in [0.717, 1.165) is 0 Å². The average Bonchev–Trinajstić information content (AvgIpc) is 3.50. The second-order valence-corrected chi connectivity index (χ2v) is 14.1. The molecule has 0 saturated heterocycles. The third kappa shape index (κ3) is 4.54. The van der Waals surface area contributed by atoms with E-state index in [1.54, 1.807) is 0 Å². The maximum Gasteiger partial charge on any atom is 0.0713 e. The maximum atomic E-state index is 2.45. The van der Waals surface area contributed by atoms with Gasteiger partial charge in [-0.2, -0.15) is 0 Å². The van der Waals surface area contributed by atoms with Gasteiger partial charge in [-0.1, -0.05) is 194 Å². The van der Waals surface area contributed by atoms with Gasteiger partial charge in [-0.15, -0.1) is 0 Å². The Morgan fingerprint density at radius 1 is 0.308 bits per heavy atom. The SMILES string of the molecule is Cc1ccc2c(c1)-c1cc(-c3ccc4c(-c5ccccc5)c5ccccc5c(-c5ccccc5)c4c3)ccc1C2(c1ccccc1)c1ccccc1. The summed E-state index contributed by atoms with van der Waals surface area (Å²) in [5, 5.41) is 5.07. The Hall–Kier alpha value is -6.50. The van der Waals surface area contributed by atoms with Crippen LogP contribution in [0.2, 0.25) is 0 Å². The van der Waals surface area contributed by atoms with Crippen LogP contribution in [0.25, 0.3) is 66.1 Å². The van der Waals surface area contributed by atoms with Gasteiger partial charge in [0.1, 0.15) is 0 Å². The molecule has 0 unspecified atom stereocenters. The van der Waals surface area contributed by atoms with Crippen molar-refractivity contribution in [3.05, 3.63) is 228 Å². The van der Waals surface area contributed by atoms with Gasteiger partial charge in [0.05, 0.1) is 5.41 Å². The van der Waals surface area contributed by atoms with E-state index >= 15 is 0 Å². The molecule has 10 rings (SSSR count). The molecule has 0 aliphatic heterocycles. The average molecular weight is 661 g/mol. The highest BCUT2D eigenvalue weighted by atomic mass is 14.5. The molecule has 0 amide bonds. The minimum Gasteiger partial charge on any atom is -0.0622 e. The first-order valence-corrected chi connectivity index (χ1v) is 18.2. The molecule has 0 radical (unpaired) electrons. The van der Waals surface area contributed by atoms with E-state index in [2.05, 4.69) is 207 Å². The van der Waals surface area contributed by atoms with Crippen molar-refractivity contribution >= 4 is 21.5 Å². The minimum absolute atomic E-state index is 0.410. The zero-order valence-corrected chi connectivity index (χ0v) is 29.1. The lowest BCUT2D eigenvalue weighted by atomic mass is 9.67. The second-order valence-electron chi connectivity index (χ2n) is 14.1. The summed E-state index contributed by atoms with van der Waals surface area (Å²) in [6.45, 7) is 2.21. The Morgan fingerprint density at radius 3 is 1.31 bits per heavy atom. The molecule has 0 fully saturated rings. The molecule has 52 heavy (non-hydrogen) atoms. The van der Waals surface area contributed by atoms with Crippen molar-refractivity contribution in [2.75, 3.05) is 0 Å². The zero-order valence-electron chi connectivity index (χ0n) is 29.1. The molecule has 0 N–H and O–H groups in total. The Balaban J connectivity index is 1.26. The summed E-state index contributed by atoms with van der Waals surface area (Å²) in [5.74, 6) is 0. The summed E-state index contributed by atoms with van der Waals surface area (Å²) in [4.78, 5) is 0. The number of hydrogen-bond acceptors (Lipinski definition) is 0. The Bertz CT molecular complexity index is 2720. The summed E-state index contributed by atoms with van der Waals surface area (Å²) in [6, 6.07) is 74.1. The molecule has 1 aliphatic carbocycles. The predicted molar refractivity (Wildman–Crippen MR) is 220 cm³/mol. The summed E-state index contributed by atoms with van der Waals surface area (Å²) in [5.41, 5.74) is 16.2. The smallest absolute Gasteiger partial charge is 0.0622 e. The van der Waals surface area contributed by atoms with Gasteiger partial charge in [-0.25, -0.2) is 0 Å². The van der Waals surface area contributed by atoms with Crippen LogP contribution < -0.4 is 0 Å². The molecule has 0 spiro atoms. The van der Waals surface area contributed by atoms with Crippen molar-refractivity contribution in [3.8, 4) is 44.5 Å². The predicted octanol–water partition coefficient (Wildman–Crippen LogP) is 13.7. The lowest BCUT2D eigenvalue weighted by Gasteiger charge is -2.34. The van der Waals surface area contributed by atoms with Crippen LogP contribution in [0.4, 0.5) is 0 Å². The molecule has 0 atom stereocenters. The second kappa shape index (κ2) is 12.1. The van der Waals surface area contributed by atoms with Gasteiger partial charge < -0.3 is 0 Å². The number of aryl methyl sites for hydroxylation is 1. The molecule has 0 saturated carbocycles. The highest BCUT2D eigenvalue weighted by Crippen LogP contribution is 2.57. The van der Waals surface area contributed by atoms with E-state index in [-0.39, 0.29) is 0 Å². The number of hydrogen-bond donors (Lipinski definition) is 0. The summed E-state index contributed by atoms with van der Waals surface area (Å²) < 4.78 is 0. The van der Waals surface area contributed by atoms with E-state index in [9.17, 15) is 0 Å². The summed E-state index contributed by atoms with van der Waals surface area (Å²) in [7, 11) is 0. The van der Waals surface area contributed by atoms with Crippen molar-refractivity contribution in [1.82, 2.24) is 0 Å². The lowest BCUT2D eigenvalue weighted by molar-refractivity contribution is 0.768. The largest absolute Gasteiger partial charge is 0.0713 e. The van der Waals surface area contributed by atoms with Crippen molar-refractivity contribution < 1.29 is 0 Å². The van der Waals surface area contributed by atoms with E-state index in [1.165, 1.54) is 93.9 Å². The van der Waals surface area contributed by atoms with Crippen LogP contribution in [0.1, 0.15) is 27.8 Å². The Labute approximate surface area is 305 Å². The van der Waals surface area contributed by atoms with Crippen molar-refractivity contribution in [1.29, 1.82) is 0 Å². The fourth-order valence-corrected chi connectivity index (χ4v) is 8.98. The van der Waals surface area contributed by atoms with Crippen LogP contribution in [0.3, 0.4) is 0 Å². The van der Waals surface area contributed by atoms with Gasteiger partial charge in [0.15, 0.2) is 0 Å². The van der Waals surface area contributed by atoms with Gasteiger partial charge in [-0.3, -0.25) is 0 Å². The quantitative estimate of drug-likeness (QED) is 0.161. The molecular formula is C52H36. The van der Waals surface area contributed by atoms with Gasteiger partial charge in [0.25, 0.3) is 0 Å². The summed E-state index contributed by atoms with van der Waals surface area (Å²) >= 11 is 0. The molecule has 9 aromatic rings. The molecule has 0 heterocycles. The van der Waals surface area contributed by atoms with Gasteiger partial charge in [-0.05, 0) is 107 Å². The van der Waals surface area contributed by atoms with Crippen LogP contribution >= 0.6 is 0 Å². The first-order chi connectivity index (χ1) is 25.7. The number of rotatable bonds is 5. The molecule has 9 aromatic carbocycles. The van der Waals surface area contributed by atoms with Gasteiger partial charge in [0.2, 0.25) is 0 Å². The molecule has 0 bridgehead atoms. The molecule has 0 heteroatoms. The summed E-state index contributed by atoms with van der Waals surface area (Å²) in [6.07, 6.45) is 0. The topological polar surface area (TPSA) is 0 Å². The monoisotopic (exact) mass is 660 g/mol. The fraction of sp³-hybridized carbons (Fsp3) is 0.0385. The van der Waals surface area contributed by atoms with Crippen LogP contribution in [0, 0.1) is 6.92 Å². The van der Waals surface area contributed by atoms with Crippen molar-refractivity contribution in [2.45, 2.75) is 12.3 Å². The molecule has 244 valence electrons. The van der Waals surface area contributed by atoms with E-state index in [0.29, 0.717) is 0 Å². The van der Waals surface area contributed by atoms with Crippen LogP contribution in [-0.2, 0) is 5.41 Å². The van der Waals surface area contributed by atoms with E-state index < -0.39 is 5.41 Å². The van der Waals surface area contributed by atoms with E-state index in [4.69, 9.17) is 0 Å². The Kier molecular flexibility index (Phi) is 7.05. The van der Waals surface area contributed by atoms with Crippen molar-refractivity contribution in [3.63, 3.8) is 0 Å². The highest BCUT2D eigenvalue weighted by molar-refractivity contribution is 6.22. The van der Waals surface area contributed by atoms with Crippen molar-refractivity contribution in [2.24, 2.45) is 0 Å². The van der Waals surface area contributed by atoms with Crippen LogP contribution in [0.15, 0.2) is 200 Å². The zero-order chi connectivity index (χ0) is 34.6. The maximum absolute atomic E-state index is 2.45.